The summed E-state index contributed by atoms with van der Waals surface area (Å²) in [6, 6.07) is 21.2. The maximum atomic E-state index is 13.2. The van der Waals surface area contributed by atoms with E-state index in [2.05, 4.69) is 4.98 Å². The van der Waals surface area contributed by atoms with Gasteiger partial charge in [0.15, 0.2) is 5.13 Å². The van der Waals surface area contributed by atoms with Crippen LogP contribution in [-0.2, 0) is 11.3 Å². The van der Waals surface area contributed by atoms with Crippen molar-refractivity contribution in [3.8, 4) is 5.75 Å². The molecule has 0 radical (unpaired) electrons. The molecule has 0 aliphatic heterocycles. The van der Waals surface area contributed by atoms with Crippen molar-refractivity contribution in [3.05, 3.63) is 90.3 Å². The summed E-state index contributed by atoms with van der Waals surface area (Å²) >= 11 is 1.47. The van der Waals surface area contributed by atoms with Crippen LogP contribution in [0.2, 0.25) is 0 Å². The van der Waals surface area contributed by atoms with E-state index in [-0.39, 0.29) is 5.91 Å². The largest absolute Gasteiger partial charge is 0.492 e. The van der Waals surface area contributed by atoms with Crippen LogP contribution in [0.4, 0.5) is 5.13 Å². The van der Waals surface area contributed by atoms with E-state index in [1.54, 1.807) is 17.2 Å². The van der Waals surface area contributed by atoms with Crippen LogP contribution in [0.1, 0.15) is 18.2 Å². The number of rotatable bonds is 7. The third kappa shape index (κ3) is 4.55. The van der Waals surface area contributed by atoms with Crippen molar-refractivity contribution in [2.45, 2.75) is 13.5 Å². The third-order valence-corrected chi connectivity index (χ3v) is 5.48. The average Bonchev–Trinajstić information content (AvgIpc) is 3.22. The second-order valence-electron chi connectivity index (χ2n) is 6.52. The Labute approximate surface area is 179 Å². The molecule has 0 N–H and O–H groups in total. The van der Waals surface area contributed by atoms with Gasteiger partial charge in [-0.2, -0.15) is 0 Å². The van der Waals surface area contributed by atoms with Crippen molar-refractivity contribution < 1.29 is 9.53 Å². The van der Waals surface area contributed by atoms with Gasteiger partial charge in [0.25, 0.3) is 5.91 Å². The number of nitrogens with zero attached hydrogens (tertiary/aromatic N) is 3. The molecule has 0 aliphatic carbocycles. The Morgan fingerprint density at radius 2 is 1.90 bits per heavy atom. The third-order valence-electron chi connectivity index (χ3n) is 4.43. The zero-order chi connectivity index (χ0) is 20.8. The van der Waals surface area contributed by atoms with E-state index in [9.17, 15) is 4.79 Å². The second-order valence-corrected chi connectivity index (χ2v) is 7.53. The summed E-state index contributed by atoms with van der Waals surface area (Å²) in [7, 11) is 0. The van der Waals surface area contributed by atoms with Gasteiger partial charge in [-0.15, -0.1) is 0 Å². The highest BCUT2D eigenvalue weighted by molar-refractivity contribution is 7.22. The number of carbonyl (C=O) groups is 1. The minimum Gasteiger partial charge on any atom is -0.492 e. The molecule has 2 heterocycles. The SMILES string of the molecule is CCOc1cccc2sc(N(Cc3ccccn3)C(=O)C=Cc3ccccc3)nc12. The van der Waals surface area contributed by atoms with Gasteiger partial charge in [-0.3, -0.25) is 14.7 Å². The smallest absolute Gasteiger partial charge is 0.253 e. The standard InChI is InChI=1S/C24H21N3O2S/c1-2-29-20-12-8-13-21-23(20)26-24(30-21)27(17-19-11-6-7-16-25-19)22(28)15-14-18-9-4-3-5-10-18/h3-16H,2,17H2,1H3. The molecule has 4 aromatic rings. The highest BCUT2D eigenvalue weighted by atomic mass is 32.1. The number of benzene rings is 2. The summed E-state index contributed by atoms with van der Waals surface area (Å²) < 4.78 is 6.68. The number of carbonyl (C=O) groups excluding carboxylic acids is 1. The van der Waals surface area contributed by atoms with E-state index in [0.717, 1.165) is 27.2 Å². The Morgan fingerprint density at radius 1 is 1.07 bits per heavy atom. The number of para-hydroxylation sites is 1. The number of anilines is 1. The van der Waals surface area contributed by atoms with E-state index in [0.29, 0.717) is 18.3 Å². The lowest BCUT2D eigenvalue weighted by Crippen LogP contribution is -2.29. The summed E-state index contributed by atoms with van der Waals surface area (Å²) in [4.78, 5) is 23.9. The summed E-state index contributed by atoms with van der Waals surface area (Å²) in [6.45, 7) is 2.84. The molecule has 4 rings (SSSR count). The van der Waals surface area contributed by atoms with Crippen molar-refractivity contribution in [1.82, 2.24) is 9.97 Å². The first-order valence-electron chi connectivity index (χ1n) is 9.71. The lowest BCUT2D eigenvalue weighted by atomic mass is 10.2. The van der Waals surface area contributed by atoms with Gasteiger partial charge in [-0.1, -0.05) is 53.8 Å². The average molecular weight is 416 g/mol. The Kier molecular flexibility index (Phi) is 6.15. The van der Waals surface area contributed by atoms with Crippen LogP contribution in [0.3, 0.4) is 0 Å². The summed E-state index contributed by atoms with van der Waals surface area (Å²) in [5, 5.41) is 0.616. The first kappa shape index (κ1) is 19.8. The molecule has 0 bridgehead atoms. The van der Waals surface area contributed by atoms with E-state index >= 15 is 0 Å². The summed E-state index contributed by atoms with van der Waals surface area (Å²) in [5.74, 6) is 0.573. The van der Waals surface area contributed by atoms with Crippen molar-refractivity contribution in [1.29, 1.82) is 0 Å². The van der Waals surface area contributed by atoms with Gasteiger partial charge in [0, 0.05) is 12.3 Å². The molecule has 6 heteroatoms. The molecule has 0 saturated carbocycles. The fraction of sp³-hybridized carbons (Fsp3) is 0.125. The van der Waals surface area contributed by atoms with Crippen LogP contribution >= 0.6 is 11.3 Å². The van der Waals surface area contributed by atoms with Gasteiger partial charge in [0.2, 0.25) is 0 Å². The Bertz CT molecular complexity index is 1160. The van der Waals surface area contributed by atoms with Gasteiger partial charge < -0.3 is 4.74 Å². The number of hydrogen-bond donors (Lipinski definition) is 0. The molecule has 2 aromatic carbocycles. The quantitative estimate of drug-likeness (QED) is 0.383. The van der Waals surface area contributed by atoms with Crippen molar-refractivity contribution >= 4 is 38.7 Å². The topological polar surface area (TPSA) is 55.3 Å². The number of aromatic nitrogens is 2. The number of pyridine rings is 1. The Morgan fingerprint density at radius 3 is 2.67 bits per heavy atom. The van der Waals surface area contributed by atoms with Gasteiger partial charge in [0.05, 0.1) is 23.5 Å². The molecule has 0 fully saturated rings. The van der Waals surface area contributed by atoms with E-state index in [1.807, 2.05) is 79.7 Å². The molecule has 5 nitrogen and oxygen atoms in total. The lowest BCUT2D eigenvalue weighted by molar-refractivity contribution is -0.114. The molecule has 1 amide bonds. The highest BCUT2D eigenvalue weighted by Gasteiger charge is 2.20. The van der Waals surface area contributed by atoms with Gasteiger partial charge in [-0.05, 0) is 42.8 Å². The van der Waals surface area contributed by atoms with E-state index in [1.165, 1.54) is 11.3 Å². The first-order valence-corrected chi connectivity index (χ1v) is 10.5. The van der Waals surface area contributed by atoms with E-state index in [4.69, 9.17) is 9.72 Å². The van der Waals surface area contributed by atoms with Crippen LogP contribution in [0.15, 0.2) is 79.0 Å². The van der Waals surface area contributed by atoms with Crippen LogP contribution in [0.5, 0.6) is 5.75 Å². The molecular formula is C24H21N3O2S. The van der Waals surface area contributed by atoms with Crippen LogP contribution in [0, 0.1) is 0 Å². The molecular weight excluding hydrogens is 394 g/mol. The number of fused-ring (bicyclic) bond motifs is 1. The highest BCUT2D eigenvalue weighted by Crippen LogP contribution is 2.35. The predicted molar refractivity (Wildman–Crippen MR) is 122 cm³/mol. The second kappa shape index (κ2) is 9.33. The molecule has 0 unspecified atom stereocenters. The van der Waals surface area contributed by atoms with Gasteiger partial charge in [0.1, 0.15) is 11.3 Å². The molecule has 2 aromatic heterocycles. The van der Waals surface area contributed by atoms with Gasteiger partial charge in [-0.25, -0.2) is 4.98 Å². The number of ether oxygens (including phenoxy) is 1. The number of amides is 1. The minimum atomic E-state index is -0.151. The number of thiazole rings is 1. The van der Waals surface area contributed by atoms with Crippen LogP contribution < -0.4 is 9.64 Å². The zero-order valence-corrected chi connectivity index (χ0v) is 17.4. The maximum absolute atomic E-state index is 13.2. The number of hydrogen-bond acceptors (Lipinski definition) is 5. The molecule has 0 saturated heterocycles. The fourth-order valence-corrected chi connectivity index (χ4v) is 4.00. The van der Waals surface area contributed by atoms with Crippen LogP contribution in [0.25, 0.3) is 16.3 Å². The van der Waals surface area contributed by atoms with Crippen molar-refractivity contribution in [2.75, 3.05) is 11.5 Å². The van der Waals surface area contributed by atoms with Crippen LogP contribution in [-0.4, -0.2) is 22.5 Å². The fourth-order valence-electron chi connectivity index (χ4n) is 3.01. The van der Waals surface area contributed by atoms with Crippen molar-refractivity contribution in [2.24, 2.45) is 0 Å². The summed E-state index contributed by atoms with van der Waals surface area (Å²) in [5.41, 5.74) is 2.53. The lowest BCUT2D eigenvalue weighted by Gasteiger charge is -2.17. The minimum absolute atomic E-state index is 0.151. The Balaban J connectivity index is 1.70. The zero-order valence-electron chi connectivity index (χ0n) is 16.6. The molecule has 150 valence electrons. The van der Waals surface area contributed by atoms with Crippen molar-refractivity contribution in [3.63, 3.8) is 0 Å². The van der Waals surface area contributed by atoms with Gasteiger partial charge >= 0.3 is 0 Å². The normalized spacial score (nSPS) is 11.1. The molecule has 0 aliphatic rings. The molecule has 0 spiro atoms. The monoisotopic (exact) mass is 415 g/mol. The first-order chi connectivity index (χ1) is 14.7. The molecule has 30 heavy (non-hydrogen) atoms. The molecule has 0 atom stereocenters. The van der Waals surface area contributed by atoms with E-state index < -0.39 is 0 Å². The predicted octanol–water partition coefficient (Wildman–Crippen LogP) is 5.34. The summed E-state index contributed by atoms with van der Waals surface area (Å²) in [6.07, 6.45) is 5.11. The Hall–Kier alpha value is -3.51. The maximum Gasteiger partial charge on any atom is 0.253 e.